The van der Waals surface area contributed by atoms with Crippen LogP contribution in [-0.4, -0.2) is 60.1 Å². The van der Waals surface area contributed by atoms with Crippen LogP contribution in [0.25, 0.3) is 0 Å². The number of ether oxygens (including phenoxy) is 1. The Morgan fingerprint density at radius 1 is 1.06 bits per heavy atom. The number of aromatic nitrogens is 1. The van der Waals surface area contributed by atoms with Crippen molar-refractivity contribution in [2.24, 2.45) is 5.92 Å². The molecule has 7 nitrogen and oxygen atoms in total. The number of piperidine rings is 1. The summed E-state index contributed by atoms with van der Waals surface area (Å²) in [5.41, 5.74) is 1.11. The van der Waals surface area contributed by atoms with Crippen LogP contribution in [-0.2, 0) is 9.53 Å². The molecule has 2 amide bonds. The molecule has 4 rings (SSSR count). The molecule has 176 valence electrons. The van der Waals surface area contributed by atoms with E-state index in [1.165, 1.54) is 0 Å². The number of nitrogens with one attached hydrogen (secondary N) is 1. The number of rotatable bonds is 4. The highest BCUT2D eigenvalue weighted by atomic mass is 35.5. The second-order valence-electron chi connectivity index (χ2n) is 8.78. The van der Waals surface area contributed by atoms with E-state index in [-0.39, 0.29) is 29.9 Å². The van der Waals surface area contributed by atoms with Gasteiger partial charge in [0.2, 0.25) is 5.91 Å². The lowest BCUT2D eigenvalue weighted by atomic mass is 9.96. The molecule has 0 bridgehead atoms. The van der Waals surface area contributed by atoms with Gasteiger partial charge in [0.25, 0.3) is 5.91 Å². The summed E-state index contributed by atoms with van der Waals surface area (Å²) in [6.45, 7) is 6.64. The van der Waals surface area contributed by atoms with Crippen molar-refractivity contribution in [1.82, 2.24) is 9.88 Å². The molecule has 2 aliphatic heterocycles. The molecule has 3 atom stereocenters. The summed E-state index contributed by atoms with van der Waals surface area (Å²) in [7, 11) is 0. The van der Waals surface area contributed by atoms with Gasteiger partial charge in [0, 0.05) is 31.7 Å². The predicted octanol–water partition coefficient (Wildman–Crippen LogP) is 4.49. The number of anilines is 2. The van der Waals surface area contributed by atoms with Crippen molar-refractivity contribution in [1.29, 1.82) is 0 Å². The Morgan fingerprint density at radius 2 is 1.82 bits per heavy atom. The Labute approximate surface area is 204 Å². The van der Waals surface area contributed by atoms with E-state index in [1.807, 2.05) is 12.1 Å². The molecule has 0 radical (unpaired) electrons. The zero-order valence-corrected chi connectivity index (χ0v) is 20.3. The molecule has 0 aliphatic carbocycles. The Kier molecular flexibility index (Phi) is 7.41. The van der Waals surface area contributed by atoms with Crippen LogP contribution < -0.4 is 10.2 Å². The maximum atomic E-state index is 12.9. The summed E-state index contributed by atoms with van der Waals surface area (Å²) in [5.74, 6) is 0.327. The van der Waals surface area contributed by atoms with Gasteiger partial charge >= 0.3 is 0 Å². The van der Waals surface area contributed by atoms with Gasteiger partial charge in [-0.25, -0.2) is 4.98 Å². The molecule has 3 heterocycles. The van der Waals surface area contributed by atoms with E-state index in [4.69, 9.17) is 27.9 Å². The van der Waals surface area contributed by atoms with Crippen LogP contribution in [0.2, 0.25) is 10.0 Å². The number of hydrogen-bond donors (Lipinski definition) is 1. The summed E-state index contributed by atoms with van der Waals surface area (Å²) >= 11 is 12.0. The van der Waals surface area contributed by atoms with Gasteiger partial charge in [-0.15, -0.1) is 0 Å². The first-order chi connectivity index (χ1) is 15.8. The van der Waals surface area contributed by atoms with Crippen LogP contribution in [0.4, 0.5) is 11.5 Å². The highest BCUT2D eigenvalue weighted by Crippen LogP contribution is 2.26. The Balaban J connectivity index is 1.36. The van der Waals surface area contributed by atoms with Crippen LogP contribution >= 0.6 is 23.2 Å². The third kappa shape index (κ3) is 5.78. The van der Waals surface area contributed by atoms with Gasteiger partial charge in [-0.05, 0) is 57.0 Å². The van der Waals surface area contributed by atoms with Crippen LogP contribution in [0.15, 0.2) is 36.5 Å². The number of amides is 2. The van der Waals surface area contributed by atoms with E-state index >= 15 is 0 Å². The summed E-state index contributed by atoms with van der Waals surface area (Å²) in [5, 5.41) is 3.70. The molecule has 0 spiro atoms. The molecule has 0 saturated carbocycles. The molecule has 2 aromatic rings. The van der Waals surface area contributed by atoms with Crippen molar-refractivity contribution >= 4 is 46.5 Å². The zero-order valence-electron chi connectivity index (χ0n) is 18.8. The standard InChI is InChI=1S/C24H28Cl2N4O3/c1-15-12-30(13-16(2)33-15)22-8-6-19(11-27-22)28-23(31)18-4-3-9-29(14-18)24(32)17-5-7-20(25)21(26)10-17/h5-8,10-11,15-16,18H,3-4,9,12-14H2,1-2H3,(H,28,31). The Hall–Kier alpha value is -2.35. The summed E-state index contributed by atoms with van der Waals surface area (Å²) < 4.78 is 5.78. The van der Waals surface area contributed by atoms with E-state index in [2.05, 4.69) is 29.0 Å². The maximum Gasteiger partial charge on any atom is 0.253 e. The number of likely N-dealkylation sites (tertiary alicyclic amines) is 1. The number of halogens is 2. The van der Waals surface area contributed by atoms with E-state index in [0.717, 1.165) is 31.7 Å². The van der Waals surface area contributed by atoms with Crippen LogP contribution in [0, 0.1) is 5.92 Å². The van der Waals surface area contributed by atoms with Crippen molar-refractivity contribution < 1.29 is 14.3 Å². The minimum absolute atomic E-state index is 0.107. The SMILES string of the molecule is CC1CN(c2ccc(NC(=O)C3CCCN(C(=O)c4ccc(Cl)c(Cl)c4)C3)cn2)CC(C)O1. The number of pyridine rings is 1. The van der Waals surface area contributed by atoms with E-state index in [9.17, 15) is 9.59 Å². The van der Waals surface area contributed by atoms with Crippen molar-refractivity contribution in [3.05, 3.63) is 52.1 Å². The molecule has 2 fully saturated rings. The molecular formula is C24H28Cl2N4O3. The van der Waals surface area contributed by atoms with E-state index in [0.29, 0.717) is 34.4 Å². The summed E-state index contributed by atoms with van der Waals surface area (Å²) in [4.78, 5) is 34.2. The first kappa shape index (κ1) is 23.8. The number of carbonyl (C=O) groups excluding carboxylic acids is 2. The fourth-order valence-electron chi connectivity index (χ4n) is 4.44. The van der Waals surface area contributed by atoms with Crippen molar-refractivity contribution in [2.45, 2.75) is 38.9 Å². The topological polar surface area (TPSA) is 74.8 Å². The highest BCUT2D eigenvalue weighted by Gasteiger charge is 2.29. The second kappa shape index (κ2) is 10.3. The maximum absolute atomic E-state index is 12.9. The number of benzene rings is 1. The summed E-state index contributed by atoms with van der Waals surface area (Å²) in [6, 6.07) is 8.62. The van der Waals surface area contributed by atoms with Gasteiger partial charge in [0.1, 0.15) is 5.82 Å². The van der Waals surface area contributed by atoms with Gasteiger partial charge in [-0.3, -0.25) is 9.59 Å². The highest BCUT2D eigenvalue weighted by molar-refractivity contribution is 6.42. The number of hydrogen-bond acceptors (Lipinski definition) is 5. The van der Waals surface area contributed by atoms with Gasteiger partial charge in [-0.1, -0.05) is 23.2 Å². The third-order valence-corrected chi connectivity index (χ3v) is 6.74. The average Bonchev–Trinajstić information content (AvgIpc) is 2.80. The lowest BCUT2D eigenvalue weighted by Crippen LogP contribution is -2.45. The van der Waals surface area contributed by atoms with E-state index < -0.39 is 0 Å². The first-order valence-corrected chi connectivity index (χ1v) is 12.0. The van der Waals surface area contributed by atoms with Crippen LogP contribution in [0.3, 0.4) is 0 Å². The second-order valence-corrected chi connectivity index (χ2v) is 9.59. The molecule has 33 heavy (non-hydrogen) atoms. The molecule has 1 N–H and O–H groups in total. The Bertz CT molecular complexity index is 1010. The minimum atomic E-state index is -0.286. The molecule has 1 aromatic carbocycles. The minimum Gasteiger partial charge on any atom is -0.372 e. The molecule has 2 aliphatic rings. The first-order valence-electron chi connectivity index (χ1n) is 11.2. The smallest absolute Gasteiger partial charge is 0.253 e. The Morgan fingerprint density at radius 3 is 2.48 bits per heavy atom. The van der Waals surface area contributed by atoms with Crippen LogP contribution in [0.5, 0.6) is 0 Å². The number of carbonyl (C=O) groups is 2. The van der Waals surface area contributed by atoms with Gasteiger partial charge in [-0.2, -0.15) is 0 Å². The fraction of sp³-hybridized carbons (Fsp3) is 0.458. The number of nitrogens with zero attached hydrogens (tertiary/aromatic N) is 3. The normalized spacial score (nSPS) is 23.3. The van der Waals surface area contributed by atoms with Gasteiger partial charge < -0.3 is 19.9 Å². The third-order valence-electron chi connectivity index (χ3n) is 6.00. The van der Waals surface area contributed by atoms with E-state index in [1.54, 1.807) is 29.3 Å². The van der Waals surface area contributed by atoms with Crippen molar-refractivity contribution in [3.63, 3.8) is 0 Å². The largest absolute Gasteiger partial charge is 0.372 e. The molecule has 3 unspecified atom stereocenters. The fourth-order valence-corrected chi connectivity index (χ4v) is 4.74. The predicted molar refractivity (Wildman–Crippen MR) is 130 cm³/mol. The molecule has 2 saturated heterocycles. The summed E-state index contributed by atoms with van der Waals surface area (Å²) in [6.07, 6.45) is 3.47. The van der Waals surface area contributed by atoms with Crippen molar-refractivity contribution in [2.75, 3.05) is 36.4 Å². The monoisotopic (exact) mass is 490 g/mol. The molecule has 1 aromatic heterocycles. The van der Waals surface area contributed by atoms with Gasteiger partial charge in [0.05, 0.1) is 40.1 Å². The lowest BCUT2D eigenvalue weighted by molar-refractivity contribution is -0.121. The zero-order chi connectivity index (χ0) is 23.5. The molecular weight excluding hydrogens is 463 g/mol. The van der Waals surface area contributed by atoms with Gasteiger partial charge in [0.15, 0.2) is 0 Å². The molecule has 9 heteroatoms. The number of morpholine rings is 1. The quantitative estimate of drug-likeness (QED) is 0.682. The van der Waals surface area contributed by atoms with Crippen LogP contribution in [0.1, 0.15) is 37.0 Å². The lowest BCUT2D eigenvalue weighted by Gasteiger charge is -2.36. The van der Waals surface area contributed by atoms with Crippen molar-refractivity contribution in [3.8, 4) is 0 Å². The average molecular weight is 491 g/mol.